The summed E-state index contributed by atoms with van der Waals surface area (Å²) in [5.41, 5.74) is 2.11. The molecular weight excluding hydrogens is 333 g/mol. The van der Waals surface area contributed by atoms with Crippen LogP contribution in [0.1, 0.15) is 18.4 Å². The van der Waals surface area contributed by atoms with Gasteiger partial charge in [0.25, 0.3) is 5.82 Å². The summed E-state index contributed by atoms with van der Waals surface area (Å²) in [4.78, 5) is 12.5. The third kappa shape index (κ3) is 2.51. The van der Waals surface area contributed by atoms with Gasteiger partial charge in [-0.15, -0.1) is 0 Å². The van der Waals surface area contributed by atoms with Crippen molar-refractivity contribution < 1.29 is 4.39 Å². The van der Waals surface area contributed by atoms with Gasteiger partial charge in [0, 0.05) is 53.0 Å². The molecule has 128 valence electrons. The monoisotopic (exact) mass is 348 g/mol. The molecule has 1 aliphatic carbocycles. The third-order valence-corrected chi connectivity index (χ3v) is 4.40. The van der Waals surface area contributed by atoms with E-state index in [1.165, 1.54) is 12.3 Å². The number of nitrogens with zero attached hydrogens (tertiary/aromatic N) is 6. The van der Waals surface area contributed by atoms with Gasteiger partial charge in [0.2, 0.25) is 11.9 Å². The van der Waals surface area contributed by atoms with E-state index in [2.05, 4.69) is 25.4 Å². The van der Waals surface area contributed by atoms with E-state index in [4.69, 9.17) is 5.10 Å². The molecule has 0 spiro atoms. The highest BCUT2D eigenvalue weighted by atomic mass is 19.1. The normalized spacial score (nSPS) is 23.4. The second-order valence-corrected chi connectivity index (χ2v) is 6.30. The minimum absolute atomic E-state index is 0.141. The fourth-order valence-electron chi connectivity index (χ4n) is 2.93. The van der Waals surface area contributed by atoms with Gasteiger partial charge in [0.05, 0.1) is 6.21 Å². The summed E-state index contributed by atoms with van der Waals surface area (Å²) in [6.07, 6.45) is 12.7. The van der Waals surface area contributed by atoms with Crippen LogP contribution in [-0.4, -0.2) is 32.9 Å². The zero-order chi connectivity index (χ0) is 17.6. The lowest BCUT2D eigenvalue weighted by atomic mass is 10.1. The number of fused-ring (bicyclic) bond motifs is 1. The van der Waals surface area contributed by atoms with Crippen molar-refractivity contribution in [2.45, 2.75) is 18.9 Å². The molecule has 3 aliphatic rings. The van der Waals surface area contributed by atoms with E-state index in [0.29, 0.717) is 29.1 Å². The van der Waals surface area contributed by atoms with Gasteiger partial charge in [-0.05, 0) is 35.2 Å². The molecule has 1 atom stereocenters. The van der Waals surface area contributed by atoms with E-state index < -0.39 is 5.95 Å². The van der Waals surface area contributed by atoms with Gasteiger partial charge in [-0.25, -0.2) is 9.97 Å². The lowest BCUT2D eigenvalue weighted by Gasteiger charge is -2.24. The molecule has 8 heteroatoms. The van der Waals surface area contributed by atoms with Gasteiger partial charge in [-0.3, -0.25) is 0 Å². The first-order chi connectivity index (χ1) is 12.7. The predicted octanol–water partition coefficient (Wildman–Crippen LogP) is 2.75. The Morgan fingerprint density at radius 3 is 2.85 bits per heavy atom. The molecule has 26 heavy (non-hydrogen) atoms. The number of hydrogen-bond acceptors (Lipinski definition) is 6. The van der Waals surface area contributed by atoms with Crippen molar-refractivity contribution in [2.75, 3.05) is 5.32 Å². The molecule has 0 amide bonds. The quantitative estimate of drug-likeness (QED) is 0.681. The average molecular weight is 348 g/mol. The van der Waals surface area contributed by atoms with Crippen LogP contribution in [0.5, 0.6) is 0 Å². The molecule has 0 aromatic carbocycles. The second kappa shape index (κ2) is 5.63. The number of quaternary nitrogens is 1. The average Bonchev–Trinajstić information content (AvgIpc) is 3.36. The Morgan fingerprint density at radius 1 is 1.12 bits per heavy atom. The number of pyridine rings is 1. The minimum Gasteiger partial charge on any atom is -0.351 e. The lowest BCUT2D eigenvalue weighted by Crippen LogP contribution is -2.38. The van der Waals surface area contributed by atoms with Gasteiger partial charge in [0.1, 0.15) is 5.71 Å². The van der Waals surface area contributed by atoms with Crippen molar-refractivity contribution in [3.8, 4) is 0 Å². The summed E-state index contributed by atoms with van der Waals surface area (Å²) in [6, 6.07) is 5.32. The number of anilines is 1. The van der Waals surface area contributed by atoms with Crippen LogP contribution in [0.3, 0.4) is 0 Å². The van der Waals surface area contributed by atoms with Crippen LogP contribution in [0.4, 0.5) is 16.2 Å². The first-order valence-corrected chi connectivity index (χ1v) is 8.39. The molecule has 0 bridgehead atoms. The molecule has 2 aromatic heterocycles. The Balaban J connectivity index is 1.59. The molecule has 0 radical (unpaired) electrons. The predicted molar refractivity (Wildman–Crippen MR) is 96.9 cm³/mol. The maximum atomic E-state index is 13.5. The fourth-order valence-corrected chi connectivity index (χ4v) is 2.93. The maximum Gasteiger partial charge on any atom is 0.292 e. The maximum absolute atomic E-state index is 13.5. The highest BCUT2D eigenvalue weighted by Gasteiger charge is 2.43. The molecule has 2 aliphatic heterocycles. The van der Waals surface area contributed by atoms with Crippen LogP contribution in [0.25, 0.3) is 0 Å². The van der Waals surface area contributed by atoms with Crippen LogP contribution < -0.4 is 10.0 Å². The summed E-state index contributed by atoms with van der Waals surface area (Å²) in [5, 5.41) is 12.6. The van der Waals surface area contributed by atoms with Crippen LogP contribution in [-0.2, 0) is 0 Å². The van der Waals surface area contributed by atoms with Crippen LogP contribution >= 0.6 is 0 Å². The highest BCUT2D eigenvalue weighted by molar-refractivity contribution is 6.10. The van der Waals surface area contributed by atoms with Gasteiger partial charge in [0.15, 0.2) is 5.70 Å². The molecule has 1 unspecified atom stereocenters. The molecule has 4 heterocycles. The topological polar surface area (TPSA) is 75.4 Å². The largest absolute Gasteiger partial charge is 0.351 e. The van der Waals surface area contributed by atoms with Crippen LogP contribution in [0, 0.1) is 5.95 Å². The van der Waals surface area contributed by atoms with Crippen molar-refractivity contribution >= 4 is 23.7 Å². The lowest BCUT2D eigenvalue weighted by molar-refractivity contribution is 0.387. The smallest absolute Gasteiger partial charge is 0.292 e. The van der Waals surface area contributed by atoms with Crippen molar-refractivity contribution in [1.82, 2.24) is 19.7 Å². The SMILES string of the molecule is Fc1cc(C2=N[N+]3(c4ccnc(NC5CC5)n4)N=CC=C3C=C2)ccn1. The standard InChI is InChI=1S/C18H15FN7/c19-16-11-12(5-8-20-16)15-4-3-14-6-10-22-26(14,25-15)17-7-9-21-18(24-17)23-13-1-2-13/h3-11,13H,1-2H2,(H,21,23,24)/q+1. The number of nitrogens with one attached hydrogen (secondary N) is 1. The molecule has 0 saturated heterocycles. The minimum atomic E-state index is -0.547. The zero-order valence-electron chi connectivity index (χ0n) is 13.7. The Kier molecular flexibility index (Phi) is 3.26. The van der Waals surface area contributed by atoms with E-state index in [9.17, 15) is 4.39 Å². The summed E-state index contributed by atoms with van der Waals surface area (Å²) in [5.74, 6) is 0.647. The summed E-state index contributed by atoms with van der Waals surface area (Å²) in [7, 11) is 0. The Labute approximate surface area is 148 Å². The third-order valence-electron chi connectivity index (χ3n) is 4.40. The number of halogens is 1. The number of hydrogen-bond donors (Lipinski definition) is 1. The molecule has 1 fully saturated rings. The van der Waals surface area contributed by atoms with E-state index in [1.807, 2.05) is 18.2 Å². The van der Waals surface area contributed by atoms with E-state index in [-0.39, 0.29) is 4.70 Å². The Morgan fingerprint density at radius 2 is 2.00 bits per heavy atom. The molecule has 7 nitrogen and oxygen atoms in total. The summed E-state index contributed by atoms with van der Waals surface area (Å²) < 4.78 is 13.4. The molecule has 2 aromatic rings. The molecule has 5 rings (SSSR count). The van der Waals surface area contributed by atoms with Crippen molar-refractivity contribution in [3.05, 3.63) is 66.0 Å². The number of allylic oxidation sites excluding steroid dienone is 3. The van der Waals surface area contributed by atoms with Gasteiger partial charge in [-0.2, -0.15) is 9.37 Å². The van der Waals surface area contributed by atoms with Gasteiger partial charge >= 0.3 is 0 Å². The summed E-state index contributed by atoms with van der Waals surface area (Å²) in [6.45, 7) is 0. The molecule has 1 N–H and O–H groups in total. The Bertz CT molecular complexity index is 1010. The van der Waals surface area contributed by atoms with Crippen LogP contribution in [0.2, 0.25) is 0 Å². The summed E-state index contributed by atoms with van der Waals surface area (Å²) >= 11 is 0. The van der Waals surface area contributed by atoms with Crippen molar-refractivity contribution in [2.24, 2.45) is 10.2 Å². The number of aromatic nitrogens is 3. The Hall–Kier alpha value is -3.26. The van der Waals surface area contributed by atoms with E-state index in [0.717, 1.165) is 18.5 Å². The van der Waals surface area contributed by atoms with E-state index >= 15 is 0 Å². The number of rotatable bonds is 4. The first-order valence-electron chi connectivity index (χ1n) is 8.39. The van der Waals surface area contributed by atoms with E-state index in [1.54, 1.807) is 24.5 Å². The zero-order valence-corrected chi connectivity index (χ0v) is 13.7. The molecule has 1 saturated carbocycles. The fraction of sp³-hybridized carbons (Fsp3) is 0.167. The first kappa shape index (κ1) is 15.0. The van der Waals surface area contributed by atoms with Crippen molar-refractivity contribution in [1.29, 1.82) is 0 Å². The van der Waals surface area contributed by atoms with Crippen molar-refractivity contribution in [3.63, 3.8) is 0 Å². The van der Waals surface area contributed by atoms with Crippen LogP contribution in [0.15, 0.2) is 64.7 Å². The second-order valence-electron chi connectivity index (χ2n) is 6.30. The van der Waals surface area contributed by atoms with Gasteiger partial charge in [-0.1, -0.05) is 0 Å². The van der Waals surface area contributed by atoms with Gasteiger partial charge < -0.3 is 5.32 Å². The molecular formula is C18H15FN7+. The highest BCUT2D eigenvalue weighted by Crippen LogP contribution is 2.36.